The van der Waals surface area contributed by atoms with Crippen LogP contribution in [0.1, 0.15) is 44.2 Å². The lowest BCUT2D eigenvalue weighted by Crippen LogP contribution is -1.85. The van der Waals surface area contributed by atoms with Crippen LogP contribution in [-0.4, -0.2) is 10.2 Å². The van der Waals surface area contributed by atoms with Crippen LogP contribution >= 0.6 is 23.2 Å². The Balaban J connectivity index is 0.000000231. The van der Waals surface area contributed by atoms with E-state index < -0.39 is 0 Å². The van der Waals surface area contributed by atoms with Crippen molar-refractivity contribution in [2.24, 2.45) is 0 Å². The predicted molar refractivity (Wildman–Crippen MR) is 98.8 cm³/mol. The lowest BCUT2D eigenvalue weighted by molar-refractivity contribution is 0.466. The van der Waals surface area contributed by atoms with Crippen LogP contribution in [0, 0.1) is 0 Å². The van der Waals surface area contributed by atoms with Crippen LogP contribution in [0.2, 0.25) is 10.0 Å². The van der Waals surface area contributed by atoms with Gasteiger partial charge in [-0.1, -0.05) is 49.9 Å². The van der Waals surface area contributed by atoms with Crippen molar-refractivity contribution in [2.45, 2.75) is 46.0 Å². The van der Waals surface area contributed by atoms with Gasteiger partial charge in [0.1, 0.15) is 11.5 Å². The molecule has 0 unspecified atom stereocenters. The number of aryl methyl sites for hydroxylation is 2. The first-order valence-electron chi connectivity index (χ1n) is 7.92. The van der Waals surface area contributed by atoms with Gasteiger partial charge in [-0.15, -0.1) is 0 Å². The number of hydrogen-bond acceptors (Lipinski definition) is 2. The van der Waals surface area contributed by atoms with E-state index in [2.05, 4.69) is 13.8 Å². The molecule has 2 nitrogen and oxygen atoms in total. The minimum atomic E-state index is 0.344. The number of benzene rings is 2. The summed E-state index contributed by atoms with van der Waals surface area (Å²) in [6, 6.07) is 10.3. The van der Waals surface area contributed by atoms with Crippen LogP contribution in [-0.2, 0) is 12.8 Å². The van der Waals surface area contributed by atoms with Crippen LogP contribution in [0.15, 0.2) is 36.4 Å². The molecule has 4 heteroatoms. The zero-order valence-corrected chi connectivity index (χ0v) is 15.2. The molecule has 0 aliphatic heterocycles. The Kier molecular flexibility index (Phi) is 8.90. The Morgan fingerprint density at radius 2 is 1.22 bits per heavy atom. The number of aromatic hydroxyl groups is 2. The van der Waals surface area contributed by atoms with E-state index in [-0.39, 0.29) is 0 Å². The Bertz CT molecular complexity index is 612. The summed E-state index contributed by atoms with van der Waals surface area (Å²) in [5.41, 5.74) is 1.88. The molecule has 0 aliphatic rings. The molecule has 0 amide bonds. The highest BCUT2D eigenvalue weighted by atomic mass is 35.5. The largest absolute Gasteiger partial charge is 0.508 e. The topological polar surface area (TPSA) is 40.5 Å². The molecule has 2 aromatic carbocycles. The molecule has 0 fully saturated rings. The lowest BCUT2D eigenvalue weighted by Gasteiger charge is -2.03. The third-order valence-electron chi connectivity index (χ3n) is 3.40. The second-order valence-electron chi connectivity index (χ2n) is 5.40. The van der Waals surface area contributed by atoms with Gasteiger partial charge < -0.3 is 10.2 Å². The van der Waals surface area contributed by atoms with Gasteiger partial charge >= 0.3 is 0 Å². The second-order valence-corrected chi connectivity index (χ2v) is 6.27. The van der Waals surface area contributed by atoms with Crippen molar-refractivity contribution in [2.75, 3.05) is 0 Å². The molecule has 126 valence electrons. The summed E-state index contributed by atoms with van der Waals surface area (Å²) >= 11 is 11.5. The summed E-state index contributed by atoms with van der Waals surface area (Å²) in [5, 5.41) is 20.1. The minimum absolute atomic E-state index is 0.344. The molecular formula is C19H24Cl2O2. The Labute approximate surface area is 148 Å². The van der Waals surface area contributed by atoms with Crippen molar-refractivity contribution < 1.29 is 10.2 Å². The zero-order valence-electron chi connectivity index (χ0n) is 13.6. The van der Waals surface area contributed by atoms with Gasteiger partial charge in [-0.3, -0.25) is 0 Å². The number of unbranched alkanes of at least 4 members (excludes halogenated alkanes) is 1. The van der Waals surface area contributed by atoms with E-state index in [1.807, 2.05) is 6.07 Å². The fourth-order valence-electron chi connectivity index (χ4n) is 2.15. The van der Waals surface area contributed by atoms with E-state index in [1.54, 1.807) is 30.3 Å². The van der Waals surface area contributed by atoms with Crippen LogP contribution in [0.5, 0.6) is 11.5 Å². The molecule has 0 saturated heterocycles. The number of hydrogen-bond donors (Lipinski definition) is 2. The molecule has 2 aromatic rings. The molecule has 0 heterocycles. The lowest BCUT2D eigenvalue weighted by atomic mass is 10.1. The van der Waals surface area contributed by atoms with Crippen molar-refractivity contribution in [1.29, 1.82) is 0 Å². The molecule has 0 saturated carbocycles. The minimum Gasteiger partial charge on any atom is -0.508 e. The third-order valence-corrected chi connectivity index (χ3v) is 3.87. The van der Waals surface area contributed by atoms with E-state index in [0.29, 0.717) is 21.5 Å². The molecule has 0 aliphatic carbocycles. The van der Waals surface area contributed by atoms with Gasteiger partial charge in [0.15, 0.2) is 0 Å². The van der Waals surface area contributed by atoms with Crippen molar-refractivity contribution in [3.63, 3.8) is 0 Å². The molecule has 23 heavy (non-hydrogen) atoms. The second kappa shape index (κ2) is 10.4. The van der Waals surface area contributed by atoms with Crippen LogP contribution in [0.3, 0.4) is 0 Å². The van der Waals surface area contributed by atoms with Crippen LogP contribution in [0.4, 0.5) is 0 Å². The molecule has 0 spiro atoms. The number of halogens is 2. The summed E-state index contributed by atoms with van der Waals surface area (Å²) in [6.07, 6.45) is 5.03. The average Bonchev–Trinajstić information content (AvgIpc) is 2.53. The van der Waals surface area contributed by atoms with E-state index in [0.717, 1.165) is 43.2 Å². The maximum Gasteiger partial charge on any atom is 0.118 e. The standard InChI is InChI=1S/C10H13ClO.C9H11ClO/c1-2-3-4-8-7-9(11)5-6-10(8)12;1-2-3-7-6-8(10)4-5-9(7)11/h5-7,12H,2-4H2,1H3;4-6,11H,2-3H2,1H3. The molecule has 0 bridgehead atoms. The Hall–Kier alpha value is -1.38. The van der Waals surface area contributed by atoms with E-state index >= 15 is 0 Å². The summed E-state index contributed by atoms with van der Waals surface area (Å²) < 4.78 is 0. The van der Waals surface area contributed by atoms with Crippen molar-refractivity contribution in [3.05, 3.63) is 57.6 Å². The number of phenolic OH excluding ortho intramolecular Hbond substituents is 2. The molecule has 2 rings (SSSR count). The number of rotatable bonds is 5. The SMILES string of the molecule is CCCCc1cc(Cl)ccc1O.CCCc1cc(Cl)ccc1O. The zero-order chi connectivity index (χ0) is 17.2. The normalized spacial score (nSPS) is 10.1. The van der Waals surface area contributed by atoms with Gasteiger partial charge in [-0.05, 0) is 66.8 Å². The van der Waals surface area contributed by atoms with Crippen LogP contribution in [0.25, 0.3) is 0 Å². The fraction of sp³-hybridized carbons (Fsp3) is 0.368. The predicted octanol–water partition coefficient (Wildman–Crippen LogP) is 6.39. The summed E-state index contributed by atoms with van der Waals surface area (Å²) in [6.45, 7) is 4.20. The van der Waals surface area contributed by atoms with E-state index in [4.69, 9.17) is 23.2 Å². The molecule has 2 N–H and O–H groups in total. The number of phenols is 2. The average molecular weight is 355 g/mol. The van der Waals surface area contributed by atoms with Gasteiger partial charge in [0.25, 0.3) is 0 Å². The van der Waals surface area contributed by atoms with Gasteiger partial charge in [0.05, 0.1) is 0 Å². The summed E-state index contributed by atoms with van der Waals surface area (Å²) in [5.74, 6) is 0.698. The summed E-state index contributed by atoms with van der Waals surface area (Å²) in [4.78, 5) is 0. The first-order valence-corrected chi connectivity index (χ1v) is 8.68. The highest BCUT2D eigenvalue weighted by Crippen LogP contribution is 2.23. The fourth-order valence-corrected chi connectivity index (χ4v) is 2.53. The highest BCUT2D eigenvalue weighted by Gasteiger charge is 2.00. The third kappa shape index (κ3) is 7.15. The van der Waals surface area contributed by atoms with Gasteiger partial charge in [-0.2, -0.15) is 0 Å². The van der Waals surface area contributed by atoms with Crippen molar-refractivity contribution in [1.82, 2.24) is 0 Å². The van der Waals surface area contributed by atoms with E-state index in [9.17, 15) is 10.2 Å². The van der Waals surface area contributed by atoms with Gasteiger partial charge in [0.2, 0.25) is 0 Å². The first kappa shape index (κ1) is 19.7. The smallest absolute Gasteiger partial charge is 0.118 e. The first-order chi connectivity index (χ1) is 11.0. The van der Waals surface area contributed by atoms with E-state index in [1.165, 1.54) is 0 Å². The highest BCUT2D eigenvalue weighted by molar-refractivity contribution is 6.31. The maximum atomic E-state index is 9.40. The molecule has 0 aromatic heterocycles. The molecule has 0 atom stereocenters. The molecule has 0 radical (unpaired) electrons. The monoisotopic (exact) mass is 354 g/mol. The summed E-state index contributed by atoms with van der Waals surface area (Å²) in [7, 11) is 0. The maximum absolute atomic E-state index is 9.40. The quantitative estimate of drug-likeness (QED) is 0.653. The Morgan fingerprint density at radius 3 is 1.65 bits per heavy atom. The van der Waals surface area contributed by atoms with Gasteiger partial charge in [0, 0.05) is 10.0 Å². The Morgan fingerprint density at radius 1 is 0.739 bits per heavy atom. The molecular weight excluding hydrogens is 331 g/mol. The van der Waals surface area contributed by atoms with Crippen molar-refractivity contribution in [3.8, 4) is 11.5 Å². The van der Waals surface area contributed by atoms with Gasteiger partial charge in [-0.25, -0.2) is 0 Å². The van der Waals surface area contributed by atoms with Crippen LogP contribution < -0.4 is 0 Å². The van der Waals surface area contributed by atoms with Crippen molar-refractivity contribution >= 4 is 23.2 Å².